The summed E-state index contributed by atoms with van der Waals surface area (Å²) < 4.78 is 60.0. The van der Waals surface area contributed by atoms with Gasteiger partial charge in [0, 0.05) is 26.3 Å². The van der Waals surface area contributed by atoms with Gasteiger partial charge < -0.3 is 9.30 Å². The lowest BCUT2D eigenvalue weighted by atomic mass is 9.98. The highest BCUT2D eigenvalue weighted by Crippen LogP contribution is 2.24. The molecule has 0 saturated carbocycles. The monoisotopic (exact) mass is 441 g/mol. The smallest absolute Gasteiger partial charge is 0.309 e. The van der Waals surface area contributed by atoms with Gasteiger partial charge in [-0.3, -0.25) is 9.59 Å². The number of imidazole rings is 1. The Labute approximate surface area is 172 Å². The van der Waals surface area contributed by atoms with E-state index in [0.717, 1.165) is 18.2 Å². The van der Waals surface area contributed by atoms with Crippen molar-refractivity contribution in [2.24, 2.45) is 13.0 Å². The molecule has 162 valence electrons. The maximum atomic E-state index is 13.6. The second-order valence-corrected chi connectivity index (χ2v) is 8.96. The van der Waals surface area contributed by atoms with Gasteiger partial charge in [-0.1, -0.05) is 0 Å². The largest absolute Gasteiger partial charge is 0.457 e. The summed E-state index contributed by atoms with van der Waals surface area (Å²) in [7, 11) is -2.07. The van der Waals surface area contributed by atoms with Crippen LogP contribution in [0.2, 0.25) is 0 Å². The van der Waals surface area contributed by atoms with Crippen molar-refractivity contribution in [3.63, 3.8) is 0 Å². The lowest BCUT2D eigenvalue weighted by Crippen LogP contribution is -2.41. The van der Waals surface area contributed by atoms with Gasteiger partial charge in [-0.05, 0) is 38.0 Å². The van der Waals surface area contributed by atoms with E-state index in [4.69, 9.17) is 4.74 Å². The quantitative estimate of drug-likeness (QED) is 0.501. The number of carbonyl (C=O) groups is 2. The third-order valence-electron chi connectivity index (χ3n) is 5.05. The van der Waals surface area contributed by atoms with Crippen molar-refractivity contribution in [2.45, 2.75) is 24.8 Å². The molecule has 0 atom stereocenters. The van der Waals surface area contributed by atoms with Crippen LogP contribution in [0.1, 0.15) is 29.0 Å². The van der Waals surface area contributed by atoms with Crippen molar-refractivity contribution in [3.05, 3.63) is 47.4 Å². The van der Waals surface area contributed by atoms with E-state index < -0.39 is 51.5 Å². The Bertz CT molecular complexity index is 1060. The number of benzene rings is 1. The fraction of sp³-hybridized carbons (Fsp3) is 0.421. The molecule has 1 saturated heterocycles. The number of carbonyl (C=O) groups excluding carboxylic acids is 2. The summed E-state index contributed by atoms with van der Waals surface area (Å²) in [5.41, 5.74) is -0.491. The summed E-state index contributed by atoms with van der Waals surface area (Å²) in [5, 5.41) is -0.0498. The van der Waals surface area contributed by atoms with E-state index >= 15 is 0 Å². The maximum absolute atomic E-state index is 13.6. The predicted octanol–water partition coefficient (Wildman–Crippen LogP) is 1.83. The normalized spacial score (nSPS) is 15.9. The third kappa shape index (κ3) is 4.57. The number of esters is 1. The molecule has 1 aromatic carbocycles. The number of Topliss-reactive ketones (excluding diaryl/α,β-unsaturated/α-hetero) is 1. The molecular formula is C19H21F2N3O5S. The topological polar surface area (TPSA) is 98.6 Å². The summed E-state index contributed by atoms with van der Waals surface area (Å²) in [6.07, 6.45) is 1.86. The third-order valence-corrected chi connectivity index (χ3v) is 6.82. The Balaban J connectivity index is 1.55. The first-order valence-corrected chi connectivity index (χ1v) is 10.7. The molecule has 0 N–H and O–H groups in total. The molecule has 1 aliphatic heterocycles. The first-order valence-electron chi connectivity index (χ1n) is 9.24. The van der Waals surface area contributed by atoms with Gasteiger partial charge in [-0.15, -0.1) is 0 Å². The number of hydrogen-bond acceptors (Lipinski definition) is 6. The number of rotatable bonds is 6. The summed E-state index contributed by atoms with van der Waals surface area (Å²) >= 11 is 0. The van der Waals surface area contributed by atoms with Crippen LogP contribution in [0.3, 0.4) is 0 Å². The summed E-state index contributed by atoms with van der Waals surface area (Å²) in [6, 6.07) is 2.45. The molecule has 0 spiro atoms. The molecule has 0 unspecified atom stereocenters. The van der Waals surface area contributed by atoms with Crippen molar-refractivity contribution in [1.82, 2.24) is 13.9 Å². The maximum Gasteiger partial charge on any atom is 0.309 e. The number of ether oxygens (including phenoxy) is 1. The van der Waals surface area contributed by atoms with Gasteiger partial charge in [0.2, 0.25) is 5.78 Å². The Morgan fingerprint density at radius 3 is 2.50 bits per heavy atom. The van der Waals surface area contributed by atoms with E-state index in [1.54, 1.807) is 18.5 Å². The van der Waals surface area contributed by atoms with Gasteiger partial charge in [0.1, 0.15) is 17.5 Å². The Morgan fingerprint density at radius 1 is 1.23 bits per heavy atom. The minimum Gasteiger partial charge on any atom is -0.457 e. The molecule has 0 aliphatic carbocycles. The summed E-state index contributed by atoms with van der Waals surface area (Å²) in [5.74, 6) is -3.24. The van der Waals surface area contributed by atoms with E-state index in [9.17, 15) is 26.8 Å². The van der Waals surface area contributed by atoms with Crippen LogP contribution in [0.4, 0.5) is 8.78 Å². The van der Waals surface area contributed by atoms with Gasteiger partial charge in [0.25, 0.3) is 10.0 Å². The predicted molar refractivity (Wildman–Crippen MR) is 101 cm³/mol. The zero-order valence-electron chi connectivity index (χ0n) is 16.5. The highest BCUT2D eigenvalue weighted by atomic mass is 32.2. The van der Waals surface area contributed by atoms with Crippen molar-refractivity contribution in [3.8, 4) is 0 Å². The zero-order chi connectivity index (χ0) is 22.1. The minimum absolute atomic E-state index is 0.0498. The van der Waals surface area contributed by atoms with Crippen molar-refractivity contribution < 1.29 is 31.5 Å². The zero-order valence-corrected chi connectivity index (χ0v) is 17.3. The first-order chi connectivity index (χ1) is 14.1. The molecule has 2 aromatic rings. The van der Waals surface area contributed by atoms with Gasteiger partial charge >= 0.3 is 5.97 Å². The molecule has 30 heavy (non-hydrogen) atoms. The Kier molecular flexibility index (Phi) is 6.32. The van der Waals surface area contributed by atoms with E-state index in [1.807, 2.05) is 0 Å². The first kappa shape index (κ1) is 22.0. The molecule has 1 aromatic heterocycles. The molecule has 3 rings (SSSR count). The summed E-state index contributed by atoms with van der Waals surface area (Å²) in [4.78, 5) is 28.3. The highest BCUT2D eigenvalue weighted by molar-refractivity contribution is 7.89. The molecule has 0 amide bonds. The average Bonchev–Trinajstić information content (AvgIpc) is 3.07. The van der Waals surface area contributed by atoms with Crippen LogP contribution in [-0.2, 0) is 26.6 Å². The number of ketones is 1. The lowest BCUT2D eigenvalue weighted by Gasteiger charge is -2.29. The van der Waals surface area contributed by atoms with Crippen LogP contribution >= 0.6 is 0 Å². The Hall–Kier alpha value is -2.66. The molecule has 11 heteroatoms. The van der Waals surface area contributed by atoms with Gasteiger partial charge in [0.05, 0.1) is 11.5 Å². The number of nitrogens with zero attached hydrogens (tertiary/aromatic N) is 3. The summed E-state index contributed by atoms with van der Waals surface area (Å²) in [6.45, 7) is 1.18. The van der Waals surface area contributed by atoms with Crippen LogP contribution in [0.25, 0.3) is 0 Å². The molecule has 0 radical (unpaired) electrons. The molecule has 2 heterocycles. The van der Waals surface area contributed by atoms with Gasteiger partial charge in [0.15, 0.2) is 11.6 Å². The van der Waals surface area contributed by atoms with Gasteiger partial charge in [-0.25, -0.2) is 22.2 Å². The van der Waals surface area contributed by atoms with Crippen LogP contribution < -0.4 is 0 Å². The molecule has 0 bridgehead atoms. The number of sulfonamides is 1. The second-order valence-electron chi connectivity index (χ2n) is 7.07. The molecule has 1 fully saturated rings. The minimum atomic E-state index is -3.77. The van der Waals surface area contributed by atoms with Crippen LogP contribution in [0, 0.1) is 24.5 Å². The second kappa shape index (κ2) is 8.60. The number of hydrogen-bond donors (Lipinski definition) is 0. The molecule has 1 aliphatic rings. The SMILES string of the molecule is Cc1nc(S(=O)(=O)N2CCC(C(=O)OCC(=O)c3cc(F)ccc3F)CC2)cn1C. The van der Waals surface area contributed by atoms with E-state index in [0.29, 0.717) is 5.82 Å². The number of halogens is 2. The van der Waals surface area contributed by atoms with Gasteiger partial charge in [-0.2, -0.15) is 4.31 Å². The standard InChI is InChI=1S/C19H21F2N3O5S/c1-12-22-18(10-23(12)2)30(27,28)24-7-5-13(6-8-24)19(26)29-11-17(25)15-9-14(20)3-4-16(15)21/h3-4,9-10,13H,5-8,11H2,1-2H3. The highest BCUT2D eigenvalue weighted by Gasteiger charge is 2.34. The fourth-order valence-corrected chi connectivity index (χ4v) is 4.65. The van der Waals surface area contributed by atoms with E-state index in [2.05, 4.69) is 4.98 Å². The van der Waals surface area contributed by atoms with Crippen molar-refractivity contribution in [2.75, 3.05) is 19.7 Å². The number of aromatic nitrogens is 2. The number of piperidine rings is 1. The van der Waals surface area contributed by atoms with E-state index in [-0.39, 0.29) is 31.0 Å². The molecular weight excluding hydrogens is 420 g/mol. The fourth-order valence-electron chi connectivity index (χ4n) is 3.16. The number of aryl methyl sites for hydroxylation is 2. The van der Waals surface area contributed by atoms with Crippen molar-refractivity contribution >= 4 is 21.8 Å². The van der Waals surface area contributed by atoms with Crippen LogP contribution in [-0.4, -0.2) is 53.7 Å². The van der Waals surface area contributed by atoms with E-state index in [1.165, 1.54) is 10.5 Å². The van der Waals surface area contributed by atoms with Crippen LogP contribution in [0.5, 0.6) is 0 Å². The molecule has 8 nitrogen and oxygen atoms in total. The average molecular weight is 441 g/mol. The lowest BCUT2D eigenvalue weighted by molar-refractivity contribution is -0.148. The van der Waals surface area contributed by atoms with Crippen molar-refractivity contribution in [1.29, 1.82) is 0 Å². The van der Waals surface area contributed by atoms with Crippen LogP contribution in [0.15, 0.2) is 29.4 Å². The Morgan fingerprint density at radius 2 is 1.90 bits per heavy atom.